The molecule has 0 atom stereocenters. The molecule has 3 rings (SSSR count). The van der Waals surface area contributed by atoms with E-state index in [-0.39, 0.29) is 11.4 Å². The van der Waals surface area contributed by atoms with Gasteiger partial charge in [0.05, 0.1) is 17.5 Å². The average molecular weight is 360 g/mol. The quantitative estimate of drug-likeness (QED) is 0.377. The van der Waals surface area contributed by atoms with Crippen molar-refractivity contribution in [2.45, 2.75) is 6.92 Å². The summed E-state index contributed by atoms with van der Waals surface area (Å²) in [5.74, 6) is -0.405. The molecular formula is C15H12N4O3S2. The van der Waals surface area contributed by atoms with E-state index in [2.05, 4.69) is 9.39 Å². The molecule has 0 bridgehead atoms. The van der Waals surface area contributed by atoms with Crippen LogP contribution in [0.4, 0.5) is 0 Å². The maximum absolute atomic E-state index is 12.2. The highest BCUT2D eigenvalue weighted by molar-refractivity contribution is 8.18. The zero-order valence-corrected chi connectivity index (χ0v) is 14.4. The number of carbonyl (C=O) groups is 2. The smallest absolute Gasteiger partial charge is 0.308 e. The SMILES string of the molecule is CSC1=NSC2=NC(=O)/C(=C\c3ccc(OC(C)=O)cc3)C(=N)N12. The fraction of sp³-hybridized carbons (Fsp3) is 0.133. The van der Waals surface area contributed by atoms with Crippen molar-refractivity contribution in [3.05, 3.63) is 35.4 Å². The number of esters is 1. The summed E-state index contributed by atoms with van der Waals surface area (Å²) >= 11 is 2.47. The molecule has 2 aliphatic rings. The molecule has 0 aliphatic carbocycles. The summed E-state index contributed by atoms with van der Waals surface area (Å²) in [6, 6.07) is 6.65. The van der Waals surface area contributed by atoms with Gasteiger partial charge in [-0.2, -0.15) is 9.39 Å². The van der Waals surface area contributed by atoms with Crippen LogP contribution in [0.15, 0.2) is 39.2 Å². The predicted molar refractivity (Wildman–Crippen MR) is 96.3 cm³/mol. The summed E-state index contributed by atoms with van der Waals surface area (Å²) < 4.78 is 9.15. The van der Waals surface area contributed by atoms with E-state index in [1.165, 1.54) is 18.7 Å². The number of amides is 1. The molecule has 1 aromatic rings. The number of hydrogen-bond donors (Lipinski definition) is 1. The van der Waals surface area contributed by atoms with Crippen LogP contribution in [0, 0.1) is 5.41 Å². The Bertz CT molecular complexity index is 828. The number of ether oxygens (including phenoxy) is 1. The summed E-state index contributed by atoms with van der Waals surface area (Å²) in [4.78, 5) is 28.7. The predicted octanol–water partition coefficient (Wildman–Crippen LogP) is 2.55. The first-order valence-electron chi connectivity index (χ1n) is 6.81. The summed E-state index contributed by atoms with van der Waals surface area (Å²) in [5.41, 5.74) is 0.885. The molecule has 1 aromatic carbocycles. The number of hydrogen-bond acceptors (Lipinski definition) is 7. The lowest BCUT2D eigenvalue weighted by Gasteiger charge is -2.23. The van der Waals surface area contributed by atoms with E-state index in [0.29, 0.717) is 21.6 Å². The number of rotatable bonds is 2. The van der Waals surface area contributed by atoms with Crippen molar-refractivity contribution in [3.8, 4) is 5.75 Å². The van der Waals surface area contributed by atoms with Crippen LogP contribution in [0.25, 0.3) is 6.08 Å². The third-order valence-corrected chi connectivity index (χ3v) is 4.59. The van der Waals surface area contributed by atoms with Crippen molar-refractivity contribution in [2.24, 2.45) is 9.39 Å². The van der Waals surface area contributed by atoms with Gasteiger partial charge in [0.15, 0.2) is 5.17 Å². The number of thioether (sulfide) groups is 1. The Morgan fingerprint density at radius 3 is 2.71 bits per heavy atom. The molecule has 0 radical (unpaired) electrons. The van der Waals surface area contributed by atoms with Gasteiger partial charge in [-0.25, -0.2) is 4.90 Å². The van der Waals surface area contributed by atoms with E-state index >= 15 is 0 Å². The number of carbonyl (C=O) groups excluding carboxylic acids is 2. The van der Waals surface area contributed by atoms with Gasteiger partial charge in [0.25, 0.3) is 5.91 Å². The minimum Gasteiger partial charge on any atom is -0.427 e. The van der Waals surface area contributed by atoms with Crippen LogP contribution in [-0.2, 0) is 9.59 Å². The van der Waals surface area contributed by atoms with E-state index in [9.17, 15) is 9.59 Å². The molecule has 0 saturated carbocycles. The van der Waals surface area contributed by atoms with E-state index in [1.807, 2.05) is 6.26 Å². The second kappa shape index (κ2) is 6.62. The highest BCUT2D eigenvalue weighted by Gasteiger charge is 2.36. The zero-order chi connectivity index (χ0) is 17.3. The molecule has 1 N–H and O–H groups in total. The largest absolute Gasteiger partial charge is 0.427 e. The number of nitrogens with zero attached hydrogens (tertiary/aromatic N) is 3. The topological polar surface area (TPSA) is 95.2 Å². The summed E-state index contributed by atoms with van der Waals surface area (Å²) in [7, 11) is 0. The average Bonchev–Trinajstić information content (AvgIpc) is 2.95. The molecule has 2 aliphatic heterocycles. The van der Waals surface area contributed by atoms with Gasteiger partial charge in [0, 0.05) is 6.92 Å². The van der Waals surface area contributed by atoms with Crippen molar-refractivity contribution >= 4 is 57.8 Å². The number of amidine groups is 3. The fourth-order valence-corrected chi connectivity index (χ4v) is 3.55. The number of aliphatic imine (C=N–C) groups is 1. The third-order valence-electron chi connectivity index (χ3n) is 3.13. The van der Waals surface area contributed by atoms with Crippen molar-refractivity contribution in [2.75, 3.05) is 6.26 Å². The highest BCUT2D eigenvalue weighted by Crippen LogP contribution is 2.31. The molecule has 0 unspecified atom stereocenters. The Kier molecular flexibility index (Phi) is 4.54. The number of fused-ring (bicyclic) bond motifs is 1. The number of benzene rings is 1. The van der Waals surface area contributed by atoms with Gasteiger partial charge >= 0.3 is 5.97 Å². The molecule has 1 amide bonds. The van der Waals surface area contributed by atoms with Crippen LogP contribution in [0.5, 0.6) is 5.75 Å². The maximum atomic E-state index is 12.2. The monoisotopic (exact) mass is 360 g/mol. The van der Waals surface area contributed by atoms with Gasteiger partial charge in [-0.1, -0.05) is 23.9 Å². The Morgan fingerprint density at radius 2 is 2.08 bits per heavy atom. The second-order valence-corrected chi connectivity index (χ2v) is 6.28. The van der Waals surface area contributed by atoms with Crippen molar-refractivity contribution in [3.63, 3.8) is 0 Å². The molecule has 0 spiro atoms. The molecule has 7 nitrogen and oxygen atoms in total. The first-order valence-corrected chi connectivity index (χ1v) is 8.80. The Labute approximate surface area is 146 Å². The highest BCUT2D eigenvalue weighted by atomic mass is 32.2. The standard InChI is InChI=1S/C15H12N4O3S2/c1-8(20)22-10-5-3-9(4-6-10)7-11-12(16)19-14(17-13(11)21)24-18-15(19)23-2/h3-7,16H,1-2H3/b11-7-,16-12?. The van der Waals surface area contributed by atoms with Crippen molar-refractivity contribution in [1.82, 2.24) is 4.90 Å². The summed E-state index contributed by atoms with van der Waals surface area (Å²) in [6.45, 7) is 1.33. The normalized spacial score (nSPS) is 18.4. The van der Waals surface area contributed by atoms with Crippen LogP contribution in [0.1, 0.15) is 12.5 Å². The van der Waals surface area contributed by atoms with E-state index < -0.39 is 11.9 Å². The van der Waals surface area contributed by atoms with Crippen LogP contribution in [-0.4, -0.2) is 39.2 Å². The van der Waals surface area contributed by atoms with Gasteiger partial charge in [-0.3, -0.25) is 15.0 Å². The maximum Gasteiger partial charge on any atom is 0.308 e. The van der Waals surface area contributed by atoms with E-state index in [1.54, 1.807) is 35.2 Å². The second-order valence-electron chi connectivity index (χ2n) is 4.77. The molecule has 24 heavy (non-hydrogen) atoms. The van der Waals surface area contributed by atoms with Crippen LogP contribution in [0.3, 0.4) is 0 Å². The van der Waals surface area contributed by atoms with Gasteiger partial charge in [-0.15, -0.1) is 0 Å². The Hall–Kier alpha value is -2.39. The molecular weight excluding hydrogens is 348 g/mol. The van der Waals surface area contributed by atoms with Crippen LogP contribution >= 0.6 is 23.7 Å². The van der Waals surface area contributed by atoms with Gasteiger partial charge < -0.3 is 4.74 Å². The van der Waals surface area contributed by atoms with Crippen LogP contribution < -0.4 is 4.74 Å². The van der Waals surface area contributed by atoms with Crippen LogP contribution in [0.2, 0.25) is 0 Å². The first-order chi connectivity index (χ1) is 11.5. The first kappa shape index (κ1) is 16.5. The third kappa shape index (κ3) is 3.13. The Balaban J connectivity index is 1.90. The Morgan fingerprint density at radius 1 is 1.38 bits per heavy atom. The number of nitrogens with one attached hydrogen (secondary N) is 1. The lowest BCUT2D eigenvalue weighted by atomic mass is 10.1. The molecule has 0 saturated heterocycles. The van der Waals surface area contributed by atoms with Gasteiger partial charge in [0.1, 0.15) is 11.6 Å². The van der Waals surface area contributed by atoms with E-state index in [4.69, 9.17) is 10.1 Å². The van der Waals surface area contributed by atoms with Crippen molar-refractivity contribution in [1.29, 1.82) is 5.41 Å². The van der Waals surface area contributed by atoms with Crippen molar-refractivity contribution < 1.29 is 14.3 Å². The molecule has 122 valence electrons. The molecule has 2 heterocycles. The molecule has 0 fully saturated rings. The lowest BCUT2D eigenvalue weighted by Crippen LogP contribution is -2.41. The minimum atomic E-state index is -0.472. The lowest BCUT2D eigenvalue weighted by molar-refractivity contribution is -0.131. The van der Waals surface area contributed by atoms with Gasteiger partial charge in [0.2, 0.25) is 5.17 Å². The fourth-order valence-electron chi connectivity index (χ4n) is 2.10. The summed E-state index contributed by atoms with van der Waals surface area (Å²) in [6.07, 6.45) is 3.44. The summed E-state index contributed by atoms with van der Waals surface area (Å²) in [5, 5.41) is 9.32. The minimum absolute atomic E-state index is 0.0483. The molecule has 9 heteroatoms. The molecule has 0 aromatic heterocycles. The van der Waals surface area contributed by atoms with Gasteiger partial charge in [-0.05, 0) is 30.0 Å². The van der Waals surface area contributed by atoms with E-state index in [0.717, 1.165) is 11.9 Å². The zero-order valence-electron chi connectivity index (χ0n) is 12.8.